The van der Waals surface area contributed by atoms with E-state index in [1.807, 2.05) is 29.6 Å². The number of thioether (sulfide) groups is 2. The van der Waals surface area contributed by atoms with Crippen LogP contribution in [0.4, 0.5) is 4.39 Å². The lowest BCUT2D eigenvalue weighted by atomic mass is 10.1. The summed E-state index contributed by atoms with van der Waals surface area (Å²) in [5, 5.41) is 0.422. The summed E-state index contributed by atoms with van der Waals surface area (Å²) in [5.74, 6) is 3.23. The molecule has 1 heterocycles. The lowest BCUT2D eigenvalue weighted by Gasteiger charge is -2.26. The lowest BCUT2D eigenvalue weighted by Crippen LogP contribution is -2.28. The minimum absolute atomic E-state index is 0.0431. The highest BCUT2D eigenvalue weighted by Gasteiger charge is 2.22. The molecular weight excluding hydrogens is 229 g/mol. The summed E-state index contributed by atoms with van der Waals surface area (Å²) in [6.45, 7) is 0. The first-order valence-electron chi connectivity index (χ1n) is 4.98. The number of benzene rings is 1. The molecule has 4 heteroatoms. The molecule has 0 radical (unpaired) electrons. The first kappa shape index (κ1) is 11.3. The Morgan fingerprint density at radius 1 is 1.40 bits per heavy atom. The van der Waals surface area contributed by atoms with Crippen LogP contribution in [0, 0.1) is 5.82 Å². The molecule has 2 rings (SSSR count). The van der Waals surface area contributed by atoms with Crippen LogP contribution in [0.15, 0.2) is 24.3 Å². The third-order valence-electron chi connectivity index (χ3n) is 2.48. The Labute approximate surface area is 98.0 Å². The number of hydrogen-bond acceptors (Lipinski definition) is 3. The molecule has 15 heavy (non-hydrogen) atoms. The van der Waals surface area contributed by atoms with Gasteiger partial charge in [-0.25, -0.2) is 4.39 Å². The van der Waals surface area contributed by atoms with Gasteiger partial charge in [0, 0.05) is 28.6 Å². The molecule has 0 aromatic heterocycles. The summed E-state index contributed by atoms with van der Waals surface area (Å²) < 4.78 is 13.0. The van der Waals surface area contributed by atoms with Gasteiger partial charge in [0.15, 0.2) is 0 Å². The van der Waals surface area contributed by atoms with Gasteiger partial charge in [0.2, 0.25) is 0 Å². The van der Waals surface area contributed by atoms with Crippen molar-refractivity contribution < 1.29 is 4.39 Å². The van der Waals surface area contributed by atoms with E-state index in [9.17, 15) is 4.39 Å². The topological polar surface area (TPSA) is 26.0 Å². The third-order valence-corrected chi connectivity index (χ3v) is 5.36. The predicted molar refractivity (Wildman–Crippen MR) is 66.9 cm³/mol. The number of hydrogen-bond donors (Lipinski definition) is 1. The normalized spacial score (nSPS) is 23.7. The summed E-state index contributed by atoms with van der Waals surface area (Å²) >= 11 is 3.84. The van der Waals surface area contributed by atoms with Crippen molar-refractivity contribution in [2.24, 2.45) is 5.73 Å². The maximum atomic E-state index is 13.0. The fourth-order valence-electron chi connectivity index (χ4n) is 1.64. The van der Waals surface area contributed by atoms with Gasteiger partial charge < -0.3 is 5.73 Å². The zero-order valence-corrected chi connectivity index (χ0v) is 9.99. The first-order valence-corrected chi connectivity index (χ1v) is 7.18. The van der Waals surface area contributed by atoms with Crippen LogP contribution in [-0.2, 0) is 0 Å². The van der Waals surface area contributed by atoms with Crippen LogP contribution in [0.2, 0.25) is 0 Å². The molecule has 1 saturated heterocycles. The predicted octanol–water partition coefficient (Wildman–Crippen LogP) is 2.67. The minimum atomic E-state index is -0.198. The van der Waals surface area contributed by atoms with Crippen molar-refractivity contribution in [3.05, 3.63) is 35.6 Å². The van der Waals surface area contributed by atoms with Crippen LogP contribution in [0.5, 0.6) is 0 Å². The fourth-order valence-corrected chi connectivity index (χ4v) is 4.45. The van der Waals surface area contributed by atoms with Gasteiger partial charge in [0.1, 0.15) is 5.82 Å². The van der Waals surface area contributed by atoms with Crippen LogP contribution in [0.1, 0.15) is 11.6 Å². The van der Waals surface area contributed by atoms with Crippen molar-refractivity contribution in [2.75, 3.05) is 17.3 Å². The molecule has 0 aliphatic carbocycles. The summed E-state index contributed by atoms with van der Waals surface area (Å²) in [4.78, 5) is 0. The lowest BCUT2D eigenvalue weighted by molar-refractivity contribution is 0.618. The molecule has 2 atom stereocenters. The highest BCUT2D eigenvalue weighted by Crippen LogP contribution is 2.32. The fraction of sp³-hybridized carbons (Fsp3) is 0.455. The Morgan fingerprint density at radius 2 is 2.27 bits per heavy atom. The van der Waals surface area contributed by atoms with Gasteiger partial charge in [-0.3, -0.25) is 0 Å². The molecule has 0 saturated carbocycles. The molecular formula is C11H14FNS2. The van der Waals surface area contributed by atoms with Gasteiger partial charge in [-0.1, -0.05) is 12.1 Å². The molecule has 0 bridgehead atoms. The Balaban J connectivity index is 2.08. The third kappa shape index (κ3) is 2.89. The maximum absolute atomic E-state index is 13.0. The molecule has 2 unspecified atom stereocenters. The smallest absolute Gasteiger partial charge is 0.123 e. The molecule has 1 aliphatic rings. The van der Waals surface area contributed by atoms with E-state index in [1.165, 1.54) is 11.8 Å². The average molecular weight is 243 g/mol. The molecule has 1 nitrogen and oxygen atoms in total. The quantitative estimate of drug-likeness (QED) is 0.865. The summed E-state index contributed by atoms with van der Waals surface area (Å²) in [5.41, 5.74) is 7.05. The van der Waals surface area contributed by atoms with Crippen LogP contribution in [0.25, 0.3) is 0 Å². The summed E-state index contributed by atoms with van der Waals surface area (Å²) in [6, 6.07) is 6.60. The standard InChI is InChI=1S/C11H14FNS2/c12-9-3-1-2-8(6-9)11(13)10-7-14-4-5-15-10/h1-3,6,10-11H,4-5,7,13H2. The van der Waals surface area contributed by atoms with Crippen molar-refractivity contribution in [3.8, 4) is 0 Å². The zero-order chi connectivity index (χ0) is 10.7. The number of halogens is 1. The van der Waals surface area contributed by atoms with E-state index < -0.39 is 0 Å². The van der Waals surface area contributed by atoms with Crippen molar-refractivity contribution in [1.82, 2.24) is 0 Å². The first-order chi connectivity index (χ1) is 7.27. The van der Waals surface area contributed by atoms with Gasteiger partial charge in [-0.05, 0) is 17.7 Å². The van der Waals surface area contributed by atoms with Crippen molar-refractivity contribution in [2.45, 2.75) is 11.3 Å². The van der Waals surface area contributed by atoms with E-state index in [0.717, 1.165) is 17.1 Å². The van der Waals surface area contributed by atoms with Crippen LogP contribution in [-0.4, -0.2) is 22.5 Å². The molecule has 0 spiro atoms. The van der Waals surface area contributed by atoms with E-state index in [1.54, 1.807) is 12.1 Å². The van der Waals surface area contributed by atoms with Crippen LogP contribution in [0.3, 0.4) is 0 Å². The van der Waals surface area contributed by atoms with Gasteiger partial charge in [0.25, 0.3) is 0 Å². The molecule has 1 aliphatic heterocycles. The van der Waals surface area contributed by atoms with E-state index >= 15 is 0 Å². The molecule has 1 aromatic rings. The molecule has 1 aromatic carbocycles. The van der Waals surface area contributed by atoms with Gasteiger partial charge in [-0.2, -0.15) is 23.5 Å². The number of nitrogens with two attached hydrogens (primary N) is 1. The van der Waals surface area contributed by atoms with E-state index in [4.69, 9.17) is 5.73 Å². The molecule has 82 valence electrons. The monoisotopic (exact) mass is 243 g/mol. The highest BCUT2D eigenvalue weighted by atomic mass is 32.2. The molecule has 2 N–H and O–H groups in total. The van der Waals surface area contributed by atoms with Crippen molar-refractivity contribution >= 4 is 23.5 Å². The molecule has 1 fully saturated rings. The maximum Gasteiger partial charge on any atom is 0.123 e. The highest BCUT2D eigenvalue weighted by molar-refractivity contribution is 8.06. The second kappa shape index (κ2) is 5.23. The summed E-state index contributed by atoms with van der Waals surface area (Å²) in [7, 11) is 0. The number of rotatable bonds is 2. The minimum Gasteiger partial charge on any atom is -0.323 e. The van der Waals surface area contributed by atoms with Gasteiger partial charge in [-0.15, -0.1) is 0 Å². The van der Waals surface area contributed by atoms with Crippen LogP contribution >= 0.6 is 23.5 Å². The summed E-state index contributed by atoms with van der Waals surface area (Å²) in [6.07, 6.45) is 0. The van der Waals surface area contributed by atoms with E-state index in [2.05, 4.69) is 0 Å². The van der Waals surface area contributed by atoms with Crippen molar-refractivity contribution in [1.29, 1.82) is 0 Å². The van der Waals surface area contributed by atoms with E-state index in [0.29, 0.717) is 5.25 Å². The Hall–Kier alpha value is -0.190. The van der Waals surface area contributed by atoms with E-state index in [-0.39, 0.29) is 11.9 Å². The second-order valence-electron chi connectivity index (χ2n) is 3.56. The second-order valence-corrected chi connectivity index (χ2v) is 6.06. The van der Waals surface area contributed by atoms with Gasteiger partial charge in [0.05, 0.1) is 0 Å². The Kier molecular flexibility index (Phi) is 3.94. The zero-order valence-electron chi connectivity index (χ0n) is 8.36. The Bertz CT molecular complexity index is 326. The average Bonchev–Trinajstić information content (AvgIpc) is 2.29. The van der Waals surface area contributed by atoms with Gasteiger partial charge >= 0.3 is 0 Å². The Morgan fingerprint density at radius 3 is 2.93 bits per heavy atom. The molecule has 0 amide bonds. The largest absolute Gasteiger partial charge is 0.323 e. The van der Waals surface area contributed by atoms with Crippen molar-refractivity contribution in [3.63, 3.8) is 0 Å². The SMILES string of the molecule is NC(c1cccc(F)c1)C1CSCCS1. The van der Waals surface area contributed by atoms with Crippen LogP contribution < -0.4 is 5.73 Å².